The highest BCUT2D eigenvalue weighted by Gasteiger charge is 2.10. The quantitative estimate of drug-likeness (QED) is 0.442. The van der Waals surface area contributed by atoms with Gasteiger partial charge in [0.1, 0.15) is 0 Å². The minimum absolute atomic E-state index is 0.0129. The van der Waals surface area contributed by atoms with E-state index in [9.17, 15) is 4.79 Å². The number of carbonyl (C=O) groups is 1. The smallest absolute Gasteiger partial charge is 0.178 e. The molecule has 0 spiro atoms. The third-order valence-corrected chi connectivity index (χ3v) is 3.54. The minimum Gasteiger partial charge on any atom is -0.293 e. The van der Waals surface area contributed by atoms with Crippen LogP contribution in [-0.4, -0.2) is 17.4 Å². The van der Waals surface area contributed by atoms with E-state index in [4.69, 9.17) is 11.6 Å². The van der Waals surface area contributed by atoms with Gasteiger partial charge in [-0.3, -0.25) is 4.79 Å². The van der Waals surface area contributed by atoms with Gasteiger partial charge in [0.25, 0.3) is 0 Å². The molecule has 0 fully saturated rings. The molecule has 0 unspecified atom stereocenters. The van der Waals surface area contributed by atoms with E-state index in [1.807, 2.05) is 25.1 Å². The zero-order valence-corrected chi connectivity index (χ0v) is 10.6. The molecule has 0 aliphatic rings. The molecule has 15 heavy (non-hydrogen) atoms. The molecule has 0 N–H and O–H groups in total. The number of benzene rings is 1. The maximum Gasteiger partial charge on any atom is 0.178 e. The highest BCUT2D eigenvalue weighted by molar-refractivity contribution is 7.99. The SMILES string of the molecule is CCCSc1ccc(C)cc1C(=O)CCl. The Morgan fingerprint density at radius 1 is 1.47 bits per heavy atom. The Labute approximate surface area is 100 Å². The summed E-state index contributed by atoms with van der Waals surface area (Å²) in [6.07, 6.45) is 1.10. The van der Waals surface area contributed by atoms with Gasteiger partial charge in [-0.1, -0.05) is 18.6 Å². The Kier molecular flexibility index (Phi) is 5.20. The van der Waals surface area contributed by atoms with Crippen LogP contribution >= 0.6 is 23.4 Å². The fourth-order valence-corrected chi connectivity index (χ4v) is 2.33. The van der Waals surface area contributed by atoms with Crippen LogP contribution in [0.1, 0.15) is 29.3 Å². The van der Waals surface area contributed by atoms with E-state index in [2.05, 4.69) is 6.92 Å². The number of hydrogen-bond donors (Lipinski definition) is 0. The molecule has 82 valence electrons. The Bertz CT molecular complexity index is 349. The van der Waals surface area contributed by atoms with Crippen molar-refractivity contribution in [3.63, 3.8) is 0 Å². The van der Waals surface area contributed by atoms with Crippen molar-refractivity contribution in [1.29, 1.82) is 0 Å². The Morgan fingerprint density at radius 2 is 2.20 bits per heavy atom. The van der Waals surface area contributed by atoms with E-state index in [0.29, 0.717) is 0 Å². The maximum atomic E-state index is 11.6. The molecule has 0 heterocycles. The van der Waals surface area contributed by atoms with Gasteiger partial charge < -0.3 is 0 Å². The fraction of sp³-hybridized carbons (Fsp3) is 0.417. The van der Waals surface area contributed by atoms with Gasteiger partial charge in [0.15, 0.2) is 5.78 Å². The summed E-state index contributed by atoms with van der Waals surface area (Å²) in [5, 5.41) is 0. The van der Waals surface area contributed by atoms with Crippen LogP contribution in [0.5, 0.6) is 0 Å². The predicted octanol–water partition coefficient (Wildman–Crippen LogP) is 3.92. The Hall–Kier alpha value is -0.470. The lowest BCUT2D eigenvalue weighted by Gasteiger charge is -2.07. The van der Waals surface area contributed by atoms with Crippen molar-refractivity contribution in [2.45, 2.75) is 25.2 Å². The maximum absolute atomic E-state index is 11.6. The van der Waals surface area contributed by atoms with Crippen LogP contribution in [0.2, 0.25) is 0 Å². The monoisotopic (exact) mass is 242 g/mol. The summed E-state index contributed by atoms with van der Waals surface area (Å²) < 4.78 is 0. The second kappa shape index (κ2) is 6.19. The summed E-state index contributed by atoms with van der Waals surface area (Å²) in [5.41, 5.74) is 1.87. The number of ketones is 1. The molecule has 1 aromatic carbocycles. The summed E-state index contributed by atoms with van der Waals surface area (Å²) in [6, 6.07) is 5.96. The van der Waals surface area contributed by atoms with Crippen molar-refractivity contribution in [2.24, 2.45) is 0 Å². The molecule has 0 saturated carbocycles. The molecule has 0 amide bonds. The summed E-state index contributed by atoms with van der Waals surface area (Å²) >= 11 is 7.31. The minimum atomic E-state index is 0.0129. The molecular weight excluding hydrogens is 228 g/mol. The van der Waals surface area contributed by atoms with Gasteiger partial charge >= 0.3 is 0 Å². The summed E-state index contributed by atoms with van der Waals surface area (Å²) in [6.45, 7) is 4.11. The molecule has 1 aromatic rings. The normalized spacial score (nSPS) is 10.3. The standard InChI is InChI=1S/C12H15ClOS/c1-3-6-15-12-5-4-9(2)7-10(12)11(14)8-13/h4-5,7H,3,6,8H2,1-2H3. The number of halogens is 1. The summed E-state index contributed by atoms with van der Waals surface area (Å²) in [5.74, 6) is 1.10. The lowest BCUT2D eigenvalue weighted by molar-refractivity contribution is 0.101. The fourth-order valence-electron chi connectivity index (χ4n) is 1.27. The summed E-state index contributed by atoms with van der Waals surface area (Å²) in [7, 11) is 0. The van der Waals surface area contributed by atoms with Crippen molar-refractivity contribution >= 4 is 29.1 Å². The molecule has 0 aliphatic carbocycles. The van der Waals surface area contributed by atoms with E-state index in [1.54, 1.807) is 11.8 Å². The van der Waals surface area contributed by atoms with Crippen molar-refractivity contribution < 1.29 is 4.79 Å². The Morgan fingerprint density at radius 3 is 2.80 bits per heavy atom. The van der Waals surface area contributed by atoms with Crippen LogP contribution in [0.25, 0.3) is 0 Å². The van der Waals surface area contributed by atoms with Crippen LogP contribution in [0.3, 0.4) is 0 Å². The number of alkyl halides is 1. The van der Waals surface area contributed by atoms with Gasteiger partial charge in [-0.25, -0.2) is 0 Å². The Balaban J connectivity index is 2.97. The molecule has 0 atom stereocenters. The van der Waals surface area contributed by atoms with Gasteiger partial charge in [-0.15, -0.1) is 23.4 Å². The molecule has 1 rings (SSSR count). The number of Topliss-reactive ketones (excluding diaryl/α,β-unsaturated/α-hetero) is 1. The van der Waals surface area contributed by atoms with Crippen LogP contribution in [0.15, 0.2) is 23.1 Å². The first-order valence-electron chi connectivity index (χ1n) is 5.01. The van der Waals surface area contributed by atoms with Crippen molar-refractivity contribution in [2.75, 3.05) is 11.6 Å². The zero-order valence-electron chi connectivity index (χ0n) is 9.05. The van der Waals surface area contributed by atoms with Gasteiger partial charge in [-0.2, -0.15) is 0 Å². The van der Waals surface area contributed by atoms with E-state index in [0.717, 1.165) is 28.2 Å². The first-order valence-corrected chi connectivity index (χ1v) is 6.53. The van der Waals surface area contributed by atoms with Crippen molar-refractivity contribution in [1.82, 2.24) is 0 Å². The highest BCUT2D eigenvalue weighted by Crippen LogP contribution is 2.25. The molecular formula is C12H15ClOS. The van der Waals surface area contributed by atoms with Gasteiger partial charge in [0.05, 0.1) is 5.88 Å². The molecule has 0 aliphatic heterocycles. The third kappa shape index (κ3) is 3.54. The highest BCUT2D eigenvalue weighted by atomic mass is 35.5. The number of thioether (sulfide) groups is 1. The van der Waals surface area contributed by atoms with Crippen molar-refractivity contribution in [3.05, 3.63) is 29.3 Å². The molecule has 0 bridgehead atoms. The number of aryl methyl sites for hydroxylation is 1. The van der Waals surface area contributed by atoms with Crippen LogP contribution in [-0.2, 0) is 0 Å². The van der Waals surface area contributed by atoms with Gasteiger partial charge in [-0.05, 0) is 31.2 Å². The average molecular weight is 243 g/mol. The van der Waals surface area contributed by atoms with Crippen LogP contribution in [0.4, 0.5) is 0 Å². The number of carbonyl (C=O) groups excluding carboxylic acids is 1. The molecule has 1 nitrogen and oxygen atoms in total. The van der Waals surface area contributed by atoms with E-state index < -0.39 is 0 Å². The second-order valence-corrected chi connectivity index (χ2v) is 4.81. The molecule has 0 saturated heterocycles. The van der Waals surface area contributed by atoms with Crippen molar-refractivity contribution in [3.8, 4) is 0 Å². The summed E-state index contributed by atoms with van der Waals surface area (Å²) in [4.78, 5) is 12.7. The topological polar surface area (TPSA) is 17.1 Å². The van der Waals surface area contributed by atoms with E-state index in [1.165, 1.54) is 0 Å². The van der Waals surface area contributed by atoms with E-state index >= 15 is 0 Å². The second-order valence-electron chi connectivity index (χ2n) is 3.40. The van der Waals surface area contributed by atoms with Gasteiger partial charge in [0.2, 0.25) is 0 Å². The largest absolute Gasteiger partial charge is 0.293 e. The van der Waals surface area contributed by atoms with Gasteiger partial charge in [0, 0.05) is 10.5 Å². The van der Waals surface area contributed by atoms with E-state index in [-0.39, 0.29) is 11.7 Å². The number of hydrogen-bond acceptors (Lipinski definition) is 2. The number of rotatable bonds is 5. The molecule has 0 aromatic heterocycles. The first kappa shape index (κ1) is 12.6. The zero-order chi connectivity index (χ0) is 11.3. The molecule has 0 radical (unpaired) electrons. The van der Waals surface area contributed by atoms with Crippen LogP contribution < -0.4 is 0 Å². The van der Waals surface area contributed by atoms with Crippen LogP contribution in [0, 0.1) is 6.92 Å². The first-order chi connectivity index (χ1) is 7.19. The lowest BCUT2D eigenvalue weighted by Crippen LogP contribution is -2.03. The average Bonchev–Trinajstić information content (AvgIpc) is 2.26. The lowest BCUT2D eigenvalue weighted by atomic mass is 10.1. The predicted molar refractivity (Wildman–Crippen MR) is 67.2 cm³/mol. The third-order valence-electron chi connectivity index (χ3n) is 2.02. The molecule has 3 heteroatoms.